The van der Waals surface area contributed by atoms with Gasteiger partial charge in [0.05, 0.1) is 5.92 Å². The second-order valence-corrected chi connectivity index (χ2v) is 6.20. The monoisotopic (exact) mass is 257 g/mol. The van der Waals surface area contributed by atoms with Crippen LogP contribution in [0, 0.1) is 17.8 Å². The Bertz CT molecular complexity index is 322. The summed E-state index contributed by atoms with van der Waals surface area (Å²) in [5, 5.41) is 9.16. The third-order valence-corrected chi connectivity index (χ3v) is 3.18. The predicted octanol–water partition coefficient (Wildman–Crippen LogP) is 2.21. The van der Waals surface area contributed by atoms with Gasteiger partial charge in [0.2, 0.25) is 0 Å². The van der Waals surface area contributed by atoms with Crippen LogP contribution >= 0.6 is 0 Å². The minimum Gasteiger partial charge on any atom is -0.481 e. The topological polar surface area (TPSA) is 66.8 Å². The molecule has 0 aliphatic carbocycles. The highest BCUT2D eigenvalue weighted by Gasteiger charge is 2.39. The van der Waals surface area contributed by atoms with Crippen LogP contribution in [0.25, 0.3) is 0 Å². The van der Waals surface area contributed by atoms with Gasteiger partial charge in [0, 0.05) is 13.1 Å². The number of carbonyl (C=O) groups excluding carboxylic acids is 1. The predicted molar refractivity (Wildman–Crippen MR) is 67.3 cm³/mol. The van der Waals surface area contributed by atoms with Crippen molar-refractivity contribution in [3.05, 3.63) is 0 Å². The maximum absolute atomic E-state index is 11.9. The molecule has 5 nitrogen and oxygen atoms in total. The molecule has 0 radical (unpaired) electrons. The van der Waals surface area contributed by atoms with E-state index in [0.29, 0.717) is 13.1 Å². The molecule has 0 bridgehead atoms. The first-order chi connectivity index (χ1) is 8.11. The zero-order chi connectivity index (χ0) is 14.1. The summed E-state index contributed by atoms with van der Waals surface area (Å²) < 4.78 is 5.31. The fraction of sp³-hybridized carbons (Fsp3) is 0.846. The fourth-order valence-electron chi connectivity index (χ4n) is 2.52. The normalized spacial score (nSPS) is 25.9. The van der Waals surface area contributed by atoms with E-state index in [2.05, 4.69) is 0 Å². The van der Waals surface area contributed by atoms with Crippen LogP contribution in [0.15, 0.2) is 0 Å². The number of amides is 1. The Balaban J connectivity index is 2.68. The zero-order valence-electron chi connectivity index (χ0n) is 11.8. The maximum atomic E-state index is 11.9. The first-order valence-corrected chi connectivity index (χ1v) is 6.32. The molecule has 1 amide bonds. The van der Waals surface area contributed by atoms with Crippen LogP contribution in [0.5, 0.6) is 0 Å². The van der Waals surface area contributed by atoms with Gasteiger partial charge in [-0.3, -0.25) is 4.79 Å². The molecule has 1 aliphatic rings. The van der Waals surface area contributed by atoms with Crippen molar-refractivity contribution in [2.75, 3.05) is 13.1 Å². The van der Waals surface area contributed by atoms with Gasteiger partial charge in [0.25, 0.3) is 0 Å². The van der Waals surface area contributed by atoms with Crippen LogP contribution in [0.4, 0.5) is 4.79 Å². The van der Waals surface area contributed by atoms with E-state index in [1.165, 1.54) is 0 Å². The van der Waals surface area contributed by atoms with Gasteiger partial charge in [0.15, 0.2) is 0 Å². The lowest BCUT2D eigenvalue weighted by molar-refractivity contribution is -0.148. The van der Waals surface area contributed by atoms with E-state index in [4.69, 9.17) is 9.84 Å². The van der Waals surface area contributed by atoms with Gasteiger partial charge in [-0.1, -0.05) is 13.8 Å². The molecule has 1 aliphatic heterocycles. The highest BCUT2D eigenvalue weighted by atomic mass is 16.6. The van der Waals surface area contributed by atoms with Crippen molar-refractivity contribution < 1.29 is 19.4 Å². The number of hydrogen-bond donors (Lipinski definition) is 1. The zero-order valence-corrected chi connectivity index (χ0v) is 11.8. The van der Waals surface area contributed by atoms with Gasteiger partial charge in [-0.2, -0.15) is 0 Å². The van der Waals surface area contributed by atoms with E-state index in [-0.39, 0.29) is 23.8 Å². The van der Waals surface area contributed by atoms with Crippen molar-refractivity contribution >= 4 is 12.1 Å². The SMILES string of the molecule is C[C@@H]1CN(C(=O)OC(C)(C)C)C[C@@H](C)C1C(=O)O. The van der Waals surface area contributed by atoms with Gasteiger partial charge >= 0.3 is 12.1 Å². The lowest BCUT2D eigenvalue weighted by Crippen LogP contribution is -2.50. The number of carbonyl (C=O) groups is 2. The summed E-state index contributed by atoms with van der Waals surface area (Å²) in [7, 11) is 0. The van der Waals surface area contributed by atoms with Crippen molar-refractivity contribution in [1.29, 1.82) is 0 Å². The van der Waals surface area contributed by atoms with E-state index in [0.717, 1.165) is 0 Å². The van der Waals surface area contributed by atoms with Crippen LogP contribution in [0.1, 0.15) is 34.6 Å². The highest BCUT2D eigenvalue weighted by Crippen LogP contribution is 2.29. The largest absolute Gasteiger partial charge is 0.481 e. The van der Waals surface area contributed by atoms with Crippen LogP contribution in [0.3, 0.4) is 0 Å². The Hall–Kier alpha value is -1.26. The van der Waals surface area contributed by atoms with Crippen molar-refractivity contribution in [3.8, 4) is 0 Å². The molecule has 1 N–H and O–H groups in total. The molecule has 2 atom stereocenters. The summed E-state index contributed by atoms with van der Waals surface area (Å²) >= 11 is 0. The van der Waals surface area contributed by atoms with Crippen molar-refractivity contribution in [3.63, 3.8) is 0 Å². The maximum Gasteiger partial charge on any atom is 0.410 e. The van der Waals surface area contributed by atoms with Crippen molar-refractivity contribution in [2.24, 2.45) is 17.8 Å². The van der Waals surface area contributed by atoms with Crippen LogP contribution in [-0.4, -0.2) is 40.8 Å². The first-order valence-electron chi connectivity index (χ1n) is 6.32. The number of carboxylic acids is 1. The molecular formula is C13H23NO4. The fourth-order valence-corrected chi connectivity index (χ4v) is 2.52. The minimum atomic E-state index is -0.779. The molecule has 18 heavy (non-hydrogen) atoms. The molecule has 1 rings (SSSR count). The third-order valence-electron chi connectivity index (χ3n) is 3.18. The molecule has 0 aromatic rings. The van der Waals surface area contributed by atoms with Crippen LogP contribution in [0.2, 0.25) is 0 Å². The summed E-state index contributed by atoms with van der Waals surface area (Å²) in [6.07, 6.45) is -0.356. The van der Waals surface area contributed by atoms with Gasteiger partial charge in [-0.25, -0.2) is 4.79 Å². The summed E-state index contributed by atoms with van der Waals surface area (Å²) in [5.41, 5.74) is -0.521. The molecule has 0 saturated carbocycles. The highest BCUT2D eigenvalue weighted by molar-refractivity contribution is 5.72. The standard InChI is InChI=1S/C13H23NO4/c1-8-6-14(12(17)18-13(3,4)5)7-9(2)10(8)11(15)16/h8-10H,6-7H2,1-5H3,(H,15,16)/t8-,9-/m1/s1. The molecule has 1 fully saturated rings. The third kappa shape index (κ3) is 3.62. The Morgan fingerprint density at radius 1 is 1.17 bits per heavy atom. The van der Waals surface area contributed by atoms with E-state index < -0.39 is 11.6 Å². The lowest BCUT2D eigenvalue weighted by atomic mass is 9.80. The molecular weight excluding hydrogens is 234 g/mol. The second-order valence-electron chi connectivity index (χ2n) is 6.20. The Morgan fingerprint density at radius 3 is 1.94 bits per heavy atom. The summed E-state index contributed by atoms with van der Waals surface area (Å²) in [6.45, 7) is 10.1. The van der Waals surface area contributed by atoms with Crippen LogP contribution in [-0.2, 0) is 9.53 Å². The van der Waals surface area contributed by atoms with E-state index >= 15 is 0 Å². The number of hydrogen-bond acceptors (Lipinski definition) is 3. The number of rotatable bonds is 1. The Kier molecular flexibility index (Phi) is 4.24. The first kappa shape index (κ1) is 14.8. The van der Waals surface area contributed by atoms with Gasteiger partial charge < -0.3 is 14.7 Å². The molecule has 0 spiro atoms. The molecule has 104 valence electrons. The molecule has 0 aromatic carbocycles. The quantitative estimate of drug-likeness (QED) is 0.782. The number of nitrogens with zero attached hydrogens (tertiary/aromatic N) is 1. The molecule has 1 saturated heterocycles. The van der Waals surface area contributed by atoms with E-state index in [1.807, 2.05) is 34.6 Å². The second kappa shape index (κ2) is 5.16. The summed E-state index contributed by atoms with van der Waals surface area (Å²) in [4.78, 5) is 24.7. The van der Waals surface area contributed by atoms with Gasteiger partial charge in [-0.15, -0.1) is 0 Å². The average Bonchev–Trinajstić information content (AvgIpc) is 2.12. The number of carboxylic acid groups (broad SMARTS) is 1. The van der Waals surface area contributed by atoms with Gasteiger partial charge in [0.1, 0.15) is 5.60 Å². The summed E-state index contributed by atoms with van der Waals surface area (Å²) in [6, 6.07) is 0. The number of piperidine rings is 1. The number of aliphatic carboxylic acids is 1. The summed E-state index contributed by atoms with van der Waals surface area (Å²) in [5.74, 6) is -1.28. The lowest BCUT2D eigenvalue weighted by Gasteiger charge is -2.39. The molecule has 0 unspecified atom stereocenters. The number of ether oxygens (including phenoxy) is 1. The van der Waals surface area contributed by atoms with E-state index in [1.54, 1.807) is 4.90 Å². The molecule has 5 heteroatoms. The molecule has 0 aromatic heterocycles. The van der Waals surface area contributed by atoms with Crippen molar-refractivity contribution in [1.82, 2.24) is 4.90 Å². The average molecular weight is 257 g/mol. The van der Waals surface area contributed by atoms with Crippen molar-refractivity contribution in [2.45, 2.75) is 40.2 Å². The van der Waals surface area contributed by atoms with Crippen LogP contribution < -0.4 is 0 Å². The Morgan fingerprint density at radius 2 is 1.61 bits per heavy atom. The van der Waals surface area contributed by atoms with E-state index in [9.17, 15) is 9.59 Å². The van der Waals surface area contributed by atoms with Gasteiger partial charge in [-0.05, 0) is 32.6 Å². The smallest absolute Gasteiger partial charge is 0.410 e. The molecule has 1 heterocycles. The Labute approximate surface area is 108 Å². The number of likely N-dealkylation sites (tertiary alicyclic amines) is 1. The minimum absolute atomic E-state index is 0.0567.